The second kappa shape index (κ2) is 7.21. The van der Waals surface area contributed by atoms with Crippen LogP contribution in [0.3, 0.4) is 0 Å². The molecule has 0 bridgehead atoms. The molecule has 0 saturated carbocycles. The Balaban J connectivity index is 1.70. The summed E-state index contributed by atoms with van der Waals surface area (Å²) in [4.78, 5) is 37.1. The number of rotatable bonds is 4. The summed E-state index contributed by atoms with van der Waals surface area (Å²) in [5, 5.41) is 13.9. The third-order valence-electron chi connectivity index (χ3n) is 5.16. The highest BCUT2D eigenvalue weighted by atomic mass is 35.5. The van der Waals surface area contributed by atoms with Crippen LogP contribution in [0.1, 0.15) is 25.6 Å². The molecule has 1 unspecified atom stereocenters. The second-order valence-corrected chi connectivity index (χ2v) is 7.79. The molecule has 2 aromatic rings. The first-order valence-electron chi connectivity index (χ1n) is 9.28. The predicted octanol–water partition coefficient (Wildman–Crippen LogP) is 1.11. The maximum Gasteiger partial charge on any atom is 0.319 e. The number of nitrogens with zero attached hydrogens (tertiary/aromatic N) is 5. The van der Waals surface area contributed by atoms with Crippen LogP contribution in [0.15, 0.2) is 34.6 Å². The quantitative estimate of drug-likeness (QED) is 0.738. The number of amides is 1. The molecule has 0 aromatic carbocycles. The fraction of sp³-hybridized carbons (Fsp3) is 0.368. The van der Waals surface area contributed by atoms with E-state index in [1.165, 1.54) is 35.0 Å². The minimum absolute atomic E-state index is 0.0218. The Labute approximate surface area is 177 Å². The number of nitrogens with one attached hydrogen (secondary N) is 1. The summed E-state index contributed by atoms with van der Waals surface area (Å²) >= 11 is 6.10. The largest absolute Gasteiger partial charge is 0.493 e. The Kier molecular flexibility index (Phi) is 4.81. The summed E-state index contributed by atoms with van der Waals surface area (Å²) in [5.41, 5.74) is 1.39. The number of aromatic nitrogens is 3. The van der Waals surface area contributed by atoms with E-state index in [0.29, 0.717) is 16.3 Å². The van der Waals surface area contributed by atoms with Gasteiger partial charge in [0, 0.05) is 25.5 Å². The van der Waals surface area contributed by atoms with Crippen LogP contribution in [0.5, 0.6) is 11.9 Å². The molecule has 2 aliphatic heterocycles. The van der Waals surface area contributed by atoms with Gasteiger partial charge in [-0.2, -0.15) is 4.98 Å². The molecule has 1 atom stereocenters. The zero-order valence-corrected chi connectivity index (χ0v) is 17.6. The van der Waals surface area contributed by atoms with E-state index >= 15 is 0 Å². The molecule has 0 spiro atoms. The van der Waals surface area contributed by atoms with Gasteiger partial charge >= 0.3 is 6.01 Å². The van der Waals surface area contributed by atoms with Crippen LogP contribution in [0, 0.1) is 0 Å². The average Bonchev–Trinajstić information content (AvgIpc) is 3.21. The number of hydrogen-bond acceptors (Lipinski definition) is 8. The van der Waals surface area contributed by atoms with Crippen molar-refractivity contribution < 1.29 is 14.6 Å². The van der Waals surface area contributed by atoms with Crippen LogP contribution >= 0.6 is 11.6 Å². The van der Waals surface area contributed by atoms with Gasteiger partial charge in [0.15, 0.2) is 0 Å². The van der Waals surface area contributed by atoms with E-state index in [0.717, 1.165) is 5.70 Å². The van der Waals surface area contributed by atoms with Crippen molar-refractivity contribution in [2.75, 3.05) is 18.6 Å². The molecule has 30 heavy (non-hydrogen) atoms. The molecule has 4 heterocycles. The molecule has 11 heteroatoms. The monoisotopic (exact) mass is 432 g/mol. The Hall–Kier alpha value is -3.27. The van der Waals surface area contributed by atoms with E-state index in [1.54, 1.807) is 7.05 Å². The number of aryl methyl sites for hydroxylation is 1. The van der Waals surface area contributed by atoms with Crippen LogP contribution in [0.2, 0.25) is 5.02 Å². The number of carbonyl (C=O) groups excluding carboxylic acids is 1. The van der Waals surface area contributed by atoms with Crippen molar-refractivity contribution in [2.45, 2.75) is 26.1 Å². The molecular formula is C19H21ClN6O4. The molecular weight excluding hydrogens is 412 g/mol. The summed E-state index contributed by atoms with van der Waals surface area (Å²) in [5.74, 6) is -0.578. The first-order valence-corrected chi connectivity index (χ1v) is 9.66. The normalized spacial score (nSPS) is 18.3. The maximum atomic E-state index is 13.2. The molecule has 158 valence electrons. The molecule has 0 saturated heterocycles. The molecule has 0 fully saturated rings. The zero-order valence-electron chi connectivity index (χ0n) is 16.9. The third kappa shape index (κ3) is 3.04. The first kappa shape index (κ1) is 20.0. The number of pyridine rings is 1. The molecule has 2 aromatic heterocycles. The predicted molar refractivity (Wildman–Crippen MR) is 109 cm³/mol. The van der Waals surface area contributed by atoms with Crippen molar-refractivity contribution in [2.24, 2.45) is 7.05 Å². The summed E-state index contributed by atoms with van der Waals surface area (Å²) in [6.07, 6.45) is 2.43. The van der Waals surface area contributed by atoms with E-state index in [9.17, 15) is 14.7 Å². The number of hydrogen-bond donors (Lipinski definition) is 2. The maximum absolute atomic E-state index is 13.2. The van der Waals surface area contributed by atoms with Crippen LogP contribution in [-0.2, 0) is 11.8 Å². The minimum atomic E-state index is -0.533. The highest BCUT2D eigenvalue weighted by Gasteiger charge is 2.45. The number of carbonyl (C=O) groups is 1. The van der Waals surface area contributed by atoms with Gasteiger partial charge in [0.2, 0.25) is 5.88 Å². The van der Waals surface area contributed by atoms with Crippen LogP contribution in [-0.4, -0.2) is 50.1 Å². The van der Waals surface area contributed by atoms with Gasteiger partial charge in [0.1, 0.15) is 17.6 Å². The minimum Gasteiger partial charge on any atom is -0.493 e. The lowest BCUT2D eigenvalue weighted by Gasteiger charge is -2.34. The number of anilines is 1. The Morgan fingerprint density at radius 3 is 2.73 bits per heavy atom. The second-order valence-electron chi connectivity index (χ2n) is 7.36. The van der Waals surface area contributed by atoms with E-state index < -0.39 is 6.17 Å². The lowest BCUT2D eigenvalue weighted by molar-refractivity contribution is -0.115. The van der Waals surface area contributed by atoms with Gasteiger partial charge in [-0.3, -0.25) is 14.5 Å². The number of ether oxygens (including phenoxy) is 1. The Morgan fingerprint density at radius 1 is 1.37 bits per heavy atom. The van der Waals surface area contributed by atoms with Crippen LogP contribution in [0.4, 0.5) is 5.69 Å². The summed E-state index contributed by atoms with van der Waals surface area (Å²) in [7, 11) is 2.99. The highest BCUT2D eigenvalue weighted by molar-refractivity contribution is 6.30. The van der Waals surface area contributed by atoms with Crippen LogP contribution < -0.4 is 20.5 Å². The molecule has 2 N–H and O–H groups in total. The molecule has 0 aliphatic carbocycles. The van der Waals surface area contributed by atoms with Gasteiger partial charge in [-0.25, -0.2) is 4.98 Å². The van der Waals surface area contributed by atoms with E-state index in [1.807, 2.05) is 18.7 Å². The van der Waals surface area contributed by atoms with Crippen molar-refractivity contribution in [1.29, 1.82) is 0 Å². The lowest BCUT2D eigenvalue weighted by atomic mass is 10.2. The van der Waals surface area contributed by atoms with Gasteiger partial charge in [0.05, 0.1) is 29.9 Å². The van der Waals surface area contributed by atoms with Gasteiger partial charge < -0.3 is 24.6 Å². The topological polar surface area (TPSA) is 113 Å². The van der Waals surface area contributed by atoms with Crippen molar-refractivity contribution in [1.82, 2.24) is 24.8 Å². The SMILES string of the molecule is COc1ncc(C2NC3=C(CN(c4cc(Cl)cn(C)c4=O)C3=O)N2C(C)C)c(O)n1. The van der Waals surface area contributed by atoms with E-state index in [2.05, 4.69) is 15.3 Å². The van der Waals surface area contributed by atoms with Gasteiger partial charge in [-0.05, 0) is 19.9 Å². The molecule has 1 amide bonds. The molecule has 4 rings (SSSR count). The standard InChI is InChI=1S/C19H21ClN6O4/c1-9(2)26-13-8-25(12-5-10(20)7-24(3)17(12)28)18(29)14(13)22-15(26)11-6-21-19(30-4)23-16(11)27/h5-7,9,15,22H,8H2,1-4H3,(H,21,23,27). The van der Waals surface area contributed by atoms with E-state index in [4.69, 9.17) is 16.3 Å². The molecule has 2 aliphatic rings. The summed E-state index contributed by atoms with van der Waals surface area (Å²) < 4.78 is 6.29. The zero-order chi connectivity index (χ0) is 21.7. The smallest absolute Gasteiger partial charge is 0.319 e. The van der Waals surface area contributed by atoms with E-state index in [-0.39, 0.29) is 41.6 Å². The fourth-order valence-corrected chi connectivity index (χ4v) is 4.06. The number of methoxy groups -OCH3 is 1. The third-order valence-corrected chi connectivity index (χ3v) is 5.36. The average molecular weight is 433 g/mol. The first-order chi connectivity index (χ1) is 14.2. The lowest BCUT2D eigenvalue weighted by Crippen LogP contribution is -2.42. The molecule has 10 nitrogen and oxygen atoms in total. The van der Waals surface area contributed by atoms with Crippen molar-refractivity contribution in [3.8, 4) is 11.9 Å². The van der Waals surface area contributed by atoms with Gasteiger partial charge in [0.25, 0.3) is 11.5 Å². The van der Waals surface area contributed by atoms with Gasteiger partial charge in [-0.15, -0.1) is 0 Å². The highest BCUT2D eigenvalue weighted by Crippen LogP contribution is 2.40. The number of halogens is 1. The van der Waals surface area contributed by atoms with Gasteiger partial charge in [-0.1, -0.05) is 11.6 Å². The fourth-order valence-electron chi connectivity index (χ4n) is 3.81. The van der Waals surface area contributed by atoms with Crippen molar-refractivity contribution in [3.63, 3.8) is 0 Å². The van der Waals surface area contributed by atoms with Crippen molar-refractivity contribution in [3.05, 3.63) is 50.8 Å². The summed E-state index contributed by atoms with van der Waals surface area (Å²) in [6.45, 7) is 4.14. The summed E-state index contributed by atoms with van der Waals surface area (Å²) in [6, 6.07) is 1.51. The number of aromatic hydroxyl groups is 1. The van der Waals surface area contributed by atoms with Crippen LogP contribution in [0.25, 0.3) is 0 Å². The Bertz CT molecular complexity index is 1130. The Morgan fingerprint density at radius 2 is 2.10 bits per heavy atom. The van der Waals surface area contributed by atoms with Crippen molar-refractivity contribution >= 4 is 23.2 Å². The molecule has 0 radical (unpaired) electrons.